The molecule has 0 fully saturated rings. The lowest BCUT2D eigenvalue weighted by Gasteiger charge is -2.07. The first kappa shape index (κ1) is 14.1. The molecule has 0 nitrogen and oxygen atoms in total. The summed E-state index contributed by atoms with van der Waals surface area (Å²) in [7, 11) is 0. The van der Waals surface area contributed by atoms with Crippen molar-refractivity contribution in [2.75, 3.05) is 0 Å². The first-order chi connectivity index (χ1) is 9.85. The molecule has 2 heterocycles. The van der Waals surface area contributed by atoms with Crippen molar-refractivity contribution < 1.29 is 0 Å². The Balaban J connectivity index is 2.16. The van der Waals surface area contributed by atoms with Crippen LogP contribution >= 0.6 is 22.7 Å². The van der Waals surface area contributed by atoms with Gasteiger partial charge in [-0.05, 0) is 65.1 Å². The van der Waals surface area contributed by atoms with Gasteiger partial charge in [0.2, 0.25) is 0 Å². The highest BCUT2D eigenvalue weighted by Gasteiger charge is 2.13. The fourth-order valence-electron chi connectivity index (χ4n) is 2.91. The standard InChI is InChI=1S/C18H22S2/c1-3-5-7-13-11-14-9-10-19-17(14)18-16(13)15(12-20-18)8-6-4-2/h9-12H,3-8H2,1-2H3. The Morgan fingerprint density at radius 2 is 1.65 bits per heavy atom. The van der Waals surface area contributed by atoms with Crippen LogP contribution in [-0.4, -0.2) is 0 Å². The van der Waals surface area contributed by atoms with Crippen molar-refractivity contribution in [3.8, 4) is 0 Å². The Hall–Kier alpha value is -0.860. The maximum atomic E-state index is 2.45. The number of hydrogen-bond acceptors (Lipinski definition) is 2. The average molecular weight is 303 g/mol. The third-order valence-electron chi connectivity index (χ3n) is 4.02. The molecule has 0 radical (unpaired) electrons. The summed E-state index contributed by atoms with van der Waals surface area (Å²) in [5, 5.41) is 7.68. The second kappa shape index (κ2) is 6.28. The number of thiophene rings is 2. The van der Waals surface area contributed by atoms with Crippen LogP contribution in [0, 0.1) is 0 Å². The summed E-state index contributed by atoms with van der Waals surface area (Å²) in [5.74, 6) is 0. The zero-order valence-electron chi connectivity index (χ0n) is 12.4. The van der Waals surface area contributed by atoms with Crippen LogP contribution in [0.15, 0.2) is 22.9 Å². The number of unbranched alkanes of at least 4 members (excludes halogenated alkanes) is 2. The molecule has 3 aromatic rings. The van der Waals surface area contributed by atoms with E-state index in [1.807, 2.05) is 22.7 Å². The van der Waals surface area contributed by atoms with Gasteiger partial charge in [0, 0.05) is 5.39 Å². The van der Waals surface area contributed by atoms with Crippen LogP contribution in [0.1, 0.15) is 50.7 Å². The molecule has 2 heteroatoms. The van der Waals surface area contributed by atoms with Crippen LogP contribution in [0.2, 0.25) is 0 Å². The van der Waals surface area contributed by atoms with Gasteiger partial charge in [-0.2, -0.15) is 0 Å². The van der Waals surface area contributed by atoms with Crippen LogP contribution in [0.25, 0.3) is 20.2 Å². The van der Waals surface area contributed by atoms with Crippen molar-refractivity contribution in [3.63, 3.8) is 0 Å². The van der Waals surface area contributed by atoms with Crippen molar-refractivity contribution in [1.29, 1.82) is 0 Å². The molecule has 0 amide bonds. The van der Waals surface area contributed by atoms with Gasteiger partial charge in [-0.3, -0.25) is 0 Å². The van der Waals surface area contributed by atoms with Crippen molar-refractivity contribution in [2.45, 2.75) is 52.4 Å². The molecule has 1 aromatic carbocycles. The average Bonchev–Trinajstić information content (AvgIpc) is 3.08. The summed E-state index contributed by atoms with van der Waals surface area (Å²) in [6.07, 6.45) is 7.64. The quantitative estimate of drug-likeness (QED) is 0.469. The number of fused-ring (bicyclic) bond motifs is 3. The molecule has 20 heavy (non-hydrogen) atoms. The second-order valence-corrected chi connectivity index (χ2v) is 7.34. The lowest BCUT2D eigenvalue weighted by atomic mass is 9.98. The van der Waals surface area contributed by atoms with E-state index in [2.05, 4.69) is 36.7 Å². The summed E-state index contributed by atoms with van der Waals surface area (Å²) in [6, 6.07) is 4.73. The van der Waals surface area contributed by atoms with Crippen LogP contribution < -0.4 is 0 Å². The first-order valence-corrected chi connectivity index (χ1v) is 9.50. The van der Waals surface area contributed by atoms with Crippen molar-refractivity contribution in [2.24, 2.45) is 0 Å². The summed E-state index contributed by atoms with van der Waals surface area (Å²) in [6.45, 7) is 4.57. The molecule has 0 bridgehead atoms. The van der Waals surface area contributed by atoms with Crippen molar-refractivity contribution in [1.82, 2.24) is 0 Å². The Bertz CT molecular complexity index is 703. The van der Waals surface area contributed by atoms with Gasteiger partial charge in [0.1, 0.15) is 0 Å². The summed E-state index contributed by atoms with van der Waals surface area (Å²) >= 11 is 3.85. The molecule has 3 rings (SSSR count). The highest BCUT2D eigenvalue weighted by molar-refractivity contribution is 7.25. The largest absolute Gasteiger partial charge is 0.142 e. The van der Waals surface area contributed by atoms with Gasteiger partial charge in [-0.25, -0.2) is 0 Å². The number of aryl methyl sites for hydroxylation is 2. The van der Waals surface area contributed by atoms with Gasteiger partial charge in [0.15, 0.2) is 0 Å². The van der Waals surface area contributed by atoms with Crippen molar-refractivity contribution in [3.05, 3.63) is 34.0 Å². The van der Waals surface area contributed by atoms with E-state index < -0.39 is 0 Å². The molecular weight excluding hydrogens is 280 g/mol. The van der Waals surface area contributed by atoms with Crippen molar-refractivity contribution >= 4 is 42.8 Å². The topological polar surface area (TPSA) is 0 Å². The van der Waals surface area contributed by atoms with E-state index in [0.29, 0.717) is 0 Å². The molecule has 0 unspecified atom stereocenters. The van der Waals surface area contributed by atoms with Gasteiger partial charge in [0.25, 0.3) is 0 Å². The molecule has 0 saturated heterocycles. The third kappa shape index (κ3) is 2.51. The maximum absolute atomic E-state index is 2.45. The summed E-state index contributed by atoms with van der Waals surface area (Å²) in [4.78, 5) is 0. The number of rotatable bonds is 6. The Morgan fingerprint density at radius 3 is 2.40 bits per heavy atom. The van der Waals surface area contributed by atoms with E-state index in [0.717, 1.165) is 0 Å². The summed E-state index contributed by atoms with van der Waals surface area (Å²) in [5.41, 5.74) is 3.17. The predicted molar refractivity (Wildman–Crippen MR) is 94.4 cm³/mol. The predicted octanol–water partition coefficient (Wildman–Crippen LogP) is 6.80. The summed E-state index contributed by atoms with van der Waals surface area (Å²) < 4.78 is 3.03. The third-order valence-corrected chi connectivity index (χ3v) is 6.14. The molecule has 0 spiro atoms. The van der Waals surface area contributed by atoms with Crippen LogP contribution in [0.5, 0.6) is 0 Å². The van der Waals surface area contributed by atoms with E-state index in [4.69, 9.17) is 0 Å². The zero-order valence-corrected chi connectivity index (χ0v) is 14.0. The molecule has 0 aliphatic rings. The Kier molecular flexibility index (Phi) is 4.42. The van der Waals surface area contributed by atoms with Crippen LogP contribution in [0.4, 0.5) is 0 Å². The molecular formula is C18H22S2. The SMILES string of the molecule is CCCCc1csc2c1c(CCCC)cc1ccsc12. The normalized spacial score (nSPS) is 11.7. The minimum atomic E-state index is 1.23. The fourth-order valence-corrected chi connectivity index (χ4v) is 5.12. The maximum Gasteiger partial charge on any atom is 0.0526 e. The van der Waals surface area contributed by atoms with E-state index in [9.17, 15) is 0 Å². The minimum absolute atomic E-state index is 1.23. The van der Waals surface area contributed by atoms with E-state index in [-0.39, 0.29) is 0 Å². The molecule has 0 N–H and O–H groups in total. The molecule has 0 aliphatic heterocycles. The van der Waals surface area contributed by atoms with Gasteiger partial charge in [-0.1, -0.05) is 26.7 Å². The molecule has 0 atom stereocenters. The molecule has 0 aliphatic carbocycles. The number of benzene rings is 1. The van der Waals surface area contributed by atoms with Crippen LogP contribution in [0.3, 0.4) is 0 Å². The second-order valence-electron chi connectivity index (χ2n) is 5.55. The Labute approximate surface area is 129 Å². The van der Waals surface area contributed by atoms with Gasteiger partial charge in [-0.15, -0.1) is 22.7 Å². The minimum Gasteiger partial charge on any atom is -0.142 e. The zero-order chi connectivity index (χ0) is 13.9. The lowest BCUT2D eigenvalue weighted by molar-refractivity contribution is 0.791. The monoisotopic (exact) mass is 302 g/mol. The number of hydrogen-bond donors (Lipinski definition) is 0. The smallest absolute Gasteiger partial charge is 0.0526 e. The van der Waals surface area contributed by atoms with E-state index >= 15 is 0 Å². The molecule has 2 aromatic heterocycles. The lowest BCUT2D eigenvalue weighted by Crippen LogP contribution is -1.90. The van der Waals surface area contributed by atoms with Gasteiger partial charge < -0.3 is 0 Å². The van der Waals surface area contributed by atoms with E-state index in [1.165, 1.54) is 53.3 Å². The van der Waals surface area contributed by atoms with Crippen LogP contribution in [-0.2, 0) is 12.8 Å². The van der Waals surface area contributed by atoms with E-state index in [1.54, 1.807) is 16.5 Å². The van der Waals surface area contributed by atoms with Gasteiger partial charge in [0.05, 0.1) is 9.40 Å². The van der Waals surface area contributed by atoms with Gasteiger partial charge >= 0.3 is 0 Å². The fraction of sp³-hybridized carbons (Fsp3) is 0.444. The Morgan fingerprint density at radius 1 is 0.900 bits per heavy atom. The highest BCUT2D eigenvalue weighted by Crippen LogP contribution is 2.39. The molecule has 106 valence electrons. The first-order valence-electron chi connectivity index (χ1n) is 7.74. The highest BCUT2D eigenvalue weighted by atomic mass is 32.1. The molecule has 0 saturated carbocycles.